The van der Waals surface area contributed by atoms with Crippen LogP contribution in [0.15, 0.2) is 83.0 Å². The van der Waals surface area contributed by atoms with Gasteiger partial charge in [-0.25, -0.2) is 4.98 Å². The van der Waals surface area contributed by atoms with Crippen molar-refractivity contribution < 1.29 is 37.5 Å². The normalized spacial score (nSPS) is 24.5. The summed E-state index contributed by atoms with van der Waals surface area (Å²) in [5, 5.41) is 14.3. The number of carbonyl (C=O) groups excluding carboxylic acids is 4. The summed E-state index contributed by atoms with van der Waals surface area (Å²) in [4.78, 5) is 58.9. The Hall–Kier alpha value is -4.77. The Morgan fingerprint density at radius 1 is 1.00 bits per heavy atom. The molecule has 4 aliphatic rings. The molecule has 8 nitrogen and oxygen atoms in total. The Bertz CT molecular complexity index is 2020. The molecule has 2 heterocycles. The monoisotopic (exact) mass is 647 g/mol. The fourth-order valence-corrected chi connectivity index (χ4v) is 7.70. The zero-order chi connectivity index (χ0) is 32.8. The lowest BCUT2D eigenvalue weighted by molar-refractivity contribution is -0.141. The van der Waals surface area contributed by atoms with Crippen LogP contribution >= 0.6 is 11.6 Å². The van der Waals surface area contributed by atoms with E-state index in [0.717, 1.165) is 21.5 Å². The predicted octanol–water partition coefficient (Wildman–Crippen LogP) is 6.09. The van der Waals surface area contributed by atoms with Crippen LogP contribution in [-0.2, 0) is 25.4 Å². The van der Waals surface area contributed by atoms with Crippen LogP contribution in [-0.4, -0.2) is 45.5 Å². The molecule has 1 aliphatic heterocycles. The number of amides is 2. The lowest BCUT2D eigenvalue weighted by atomic mass is 9.59. The number of benzene rings is 2. The van der Waals surface area contributed by atoms with Crippen LogP contribution in [0.4, 0.5) is 19.0 Å². The van der Waals surface area contributed by atoms with Gasteiger partial charge in [-0.15, -0.1) is 0 Å². The molecule has 1 N–H and O–H groups in total. The van der Waals surface area contributed by atoms with E-state index >= 15 is 0 Å². The maximum Gasteiger partial charge on any atom is 0.433 e. The van der Waals surface area contributed by atoms with Gasteiger partial charge in [0.2, 0.25) is 0 Å². The fourth-order valence-electron chi connectivity index (χ4n) is 7.47. The van der Waals surface area contributed by atoms with E-state index in [4.69, 9.17) is 11.6 Å². The van der Waals surface area contributed by atoms with Gasteiger partial charge in [0.25, 0.3) is 11.8 Å². The Kier molecular flexibility index (Phi) is 6.75. The summed E-state index contributed by atoms with van der Waals surface area (Å²) >= 11 is 6.21. The molecule has 1 fully saturated rings. The Morgan fingerprint density at radius 2 is 1.74 bits per heavy atom. The summed E-state index contributed by atoms with van der Waals surface area (Å²) < 4.78 is 40.5. The van der Waals surface area contributed by atoms with Gasteiger partial charge in [0.05, 0.1) is 16.9 Å². The van der Waals surface area contributed by atoms with Crippen molar-refractivity contribution in [3.63, 3.8) is 0 Å². The van der Waals surface area contributed by atoms with E-state index in [9.17, 15) is 37.5 Å². The highest BCUT2D eigenvalue weighted by molar-refractivity contribution is 6.33. The Balaban J connectivity index is 1.36. The molecule has 234 valence electrons. The molecule has 3 aromatic rings. The van der Waals surface area contributed by atoms with Gasteiger partial charge in [-0.1, -0.05) is 53.6 Å². The van der Waals surface area contributed by atoms with Crippen molar-refractivity contribution in [2.24, 2.45) is 17.8 Å². The largest absolute Gasteiger partial charge is 0.508 e. The van der Waals surface area contributed by atoms with Gasteiger partial charge in [0, 0.05) is 35.2 Å². The molecular formula is C34H25ClF3N3O5. The highest BCUT2D eigenvalue weighted by atomic mass is 35.5. The molecule has 0 saturated carbocycles. The van der Waals surface area contributed by atoms with Crippen molar-refractivity contribution in [1.82, 2.24) is 9.99 Å². The third-order valence-corrected chi connectivity index (χ3v) is 9.80. The van der Waals surface area contributed by atoms with Crippen LogP contribution in [0.2, 0.25) is 5.02 Å². The van der Waals surface area contributed by atoms with Gasteiger partial charge >= 0.3 is 6.18 Å². The standard InChI is InChI=1S/C34H25ClF3N3O5/c1-15-13-24(43)21-14-20-18(28(29(21)30(15)44)27-17-6-4-3-5-16(17)7-11-23(27)42)8-9-19-26(20)33(46)41(32(19)45)40(2)31-22(35)10-12-25(39-31)34(36,37)38/h3-8,10-13,19-20,26,28,42H,9,14H2,1-2H3. The number of allylic oxidation sites excluding steroid dienone is 6. The number of nitrogens with zero attached hydrogens (tertiary/aromatic N) is 3. The Morgan fingerprint density at radius 3 is 2.48 bits per heavy atom. The van der Waals surface area contributed by atoms with E-state index in [1.807, 2.05) is 18.2 Å². The topological polar surface area (TPSA) is 108 Å². The van der Waals surface area contributed by atoms with Gasteiger partial charge in [0.15, 0.2) is 17.4 Å². The van der Waals surface area contributed by atoms with Crippen LogP contribution in [0.1, 0.15) is 36.9 Å². The van der Waals surface area contributed by atoms with E-state index in [2.05, 4.69) is 4.98 Å². The van der Waals surface area contributed by atoms with Gasteiger partial charge in [-0.2, -0.15) is 18.2 Å². The molecule has 2 aromatic carbocycles. The van der Waals surface area contributed by atoms with Crippen molar-refractivity contribution in [3.05, 3.63) is 99.3 Å². The molecule has 2 amide bonds. The van der Waals surface area contributed by atoms with E-state index in [1.54, 1.807) is 25.1 Å². The number of ketones is 2. The number of carbonyl (C=O) groups is 4. The summed E-state index contributed by atoms with van der Waals surface area (Å²) in [6.07, 6.45) is -1.64. The number of aromatic hydroxyl groups is 1. The van der Waals surface area contributed by atoms with E-state index in [1.165, 1.54) is 19.2 Å². The van der Waals surface area contributed by atoms with Crippen LogP contribution in [0.3, 0.4) is 0 Å². The number of imide groups is 1. The summed E-state index contributed by atoms with van der Waals surface area (Å²) in [5.74, 6) is -6.05. The van der Waals surface area contributed by atoms with Crippen LogP contribution in [0.25, 0.3) is 10.8 Å². The number of hydrazine groups is 1. The molecule has 4 atom stereocenters. The van der Waals surface area contributed by atoms with Gasteiger partial charge < -0.3 is 5.11 Å². The number of Topliss-reactive ketones (excluding diaryl/α,β-unsaturated/α-hetero) is 1. The van der Waals surface area contributed by atoms with Gasteiger partial charge in [0.1, 0.15) is 11.4 Å². The van der Waals surface area contributed by atoms with E-state index < -0.39 is 53.2 Å². The van der Waals surface area contributed by atoms with E-state index in [0.29, 0.717) is 22.6 Å². The van der Waals surface area contributed by atoms with Gasteiger partial charge in [-0.05, 0) is 60.7 Å². The van der Waals surface area contributed by atoms with Crippen molar-refractivity contribution >= 4 is 51.6 Å². The third-order valence-electron chi connectivity index (χ3n) is 9.50. The number of aromatic nitrogens is 1. The predicted molar refractivity (Wildman–Crippen MR) is 161 cm³/mol. The molecular weight excluding hydrogens is 623 g/mol. The summed E-state index contributed by atoms with van der Waals surface area (Å²) in [6.45, 7) is 1.56. The molecule has 0 bridgehead atoms. The maximum atomic E-state index is 14.2. The third kappa shape index (κ3) is 4.32. The minimum Gasteiger partial charge on any atom is -0.508 e. The maximum absolute atomic E-state index is 14.2. The molecule has 46 heavy (non-hydrogen) atoms. The first kappa shape index (κ1) is 29.9. The molecule has 12 heteroatoms. The first-order valence-electron chi connectivity index (χ1n) is 14.6. The second-order valence-electron chi connectivity index (χ2n) is 12.0. The SMILES string of the molecule is CC1=CC(=O)C2=C(C1=O)C(c1c(O)ccc3ccccc13)C1=CCC3C(=O)N(N(C)c4nc(C(F)(F)F)ccc4Cl)C(=O)C3C1C2. The van der Waals surface area contributed by atoms with Crippen LogP contribution < -0.4 is 5.01 Å². The Labute approximate surface area is 265 Å². The first-order valence-corrected chi connectivity index (χ1v) is 14.9. The van der Waals surface area contributed by atoms with Crippen molar-refractivity contribution in [3.8, 4) is 5.75 Å². The van der Waals surface area contributed by atoms with Crippen LogP contribution in [0, 0.1) is 17.8 Å². The highest BCUT2D eigenvalue weighted by Gasteiger charge is 2.58. The number of halogens is 4. The summed E-state index contributed by atoms with van der Waals surface area (Å²) in [6, 6.07) is 12.3. The number of anilines is 1. The molecule has 4 unspecified atom stereocenters. The fraction of sp³-hybridized carbons (Fsp3) is 0.265. The molecule has 7 rings (SSSR count). The van der Waals surface area contributed by atoms with Gasteiger partial charge in [-0.3, -0.25) is 24.2 Å². The quantitative estimate of drug-likeness (QED) is 0.208. The number of phenols is 1. The number of pyridine rings is 1. The lowest BCUT2D eigenvalue weighted by Gasteiger charge is -2.42. The van der Waals surface area contributed by atoms with Crippen molar-refractivity contribution in [2.75, 3.05) is 12.1 Å². The number of fused-ring (bicyclic) bond motifs is 4. The lowest BCUT2D eigenvalue weighted by Crippen LogP contribution is -2.46. The van der Waals surface area contributed by atoms with Crippen molar-refractivity contribution in [2.45, 2.75) is 31.9 Å². The van der Waals surface area contributed by atoms with Crippen molar-refractivity contribution in [1.29, 1.82) is 0 Å². The van der Waals surface area contributed by atoms with E-state index in [-0.39, 0.29) is 51.9 Å². The van der Waals surface area contributed by atoms with Crippen LogP contribution in [0.5, 0.6) is 5.75 Å². The number of hydrogen-bond donors (Lipinski definition) is 1. The number of phenolic OH excluding ortho intramolecular Hbond substituents is 1. The minimum atomic E-state index is -4.79. The second kappa shape index (κ2) is 10.4. The first-order chi connectivity index (χ1) is 21.8. The molecule has 3 aliphatic carbocycles. The average molecular weight is 648 g/mol. The summed E-state index contributed by atoms with van der Waals surface area (Å²) in [7, 11) is 1.24. The highest BCUT2D eigenvalue weighted by Crippen LogP contribution is 2.57. The number of rotatable bonds is 3. The molecule has 1 aromatic heterocycles. The zero-order valence-corrected chi connectivity index (χ0v) is 25.2. The minimum absolute atomic E-state index is 0.00213. The molecule has 0 spiro atoms. The smallest absolute Gasteiger partial charge is 0.433 e. The molecule has 1 saturated heterocycles. The number of alkyl halides is 3. The average Bonchev–Trinajstić information content (AvgIpc) is 3.27. The summed E-state index contributed by atoms with van der Waals surface area (Å²) in [5.41, 5.74) is 0.512. The zero-order valence-electron chi connectivity index (χ0n) is 24.4. The number of hydrogen-bond acceptors (Lipinski definition) is 7. The molecule has 0 radical (unpaired) electrons. The second-order valence-corrected chi connectivity index (χ2v) is 12.4.